The molecule has 6 heteroatoms. The standard InChI is InChI=1S/4C2H6N.Al.Li/c4*1-3-2;;/h4*1-2H3;;/q4*-1;+3;+1. The van der Waals surface area contributed by atoms with Crippen LogP contribution in [0.5, 0.6) is 0 Å². The molecule has 0 saturated heterocycles. The third-order valence-corrected chi connectivity index (χ3v) is 8.31. The maximum Gasteiger partial charge on any atom is 1.00 e. The predicted octanol–water partition coefficient (Wildman–Crippen LogP) is -3.33. The third kappa shape index (κ3) is 2.98. The van der Waals surface area contributed by atoms with Crippen LogP contribution < -0.4 is 18.9 Å². The van der Waals surface area contributed by atoms with E-state index in [2.05, 4.69) is 71.9 Å². The van der Waals surface area contributed by atoms with Gasteiger partial charge in [-0.25, -0.2) is 0 Å². The summed E-state index contributed by atoms with van der Waals surface area (Å²) < 4.78 is 9.42. The monoisotopic (exact) mass is 210 g/mol. The quantitative estimate of drug-likeness (QED) is 0.450. The molecule has 0 spiro atoms. The van der Waals surface area contributed by atoms with Gasteiger partial charge in [-0.1, -0.05) is 56.4 Å². The smallest absolute Gasteiger partial charge is 0.478 e. The number of rotatable bonds is 4. The van der Waals surface area contributed by atoms with Gasteiger partial charge in [-0.3, -0.25) is 0 Å². The molecule has 0 N–H and O–H groups in total. The summed E-state index contributed by atoms with van der Waals surface area (Å²) in [6.07, 6.45) is 0. The van der Waals surface area contributed by atoms with Gasteiger partial charge in [-0.05, 0) is 0 Å². The van der Waals surface area contributed by atoms with Crippen molar-refractivity contribution in [3.8, 4) is 0 Å². The molecule has 4 nitrogen and oxygen atoms in total. The Morgan fingerprint density at radius 1 is 0.500 bits per heavy atom. The molecule has 0 aromatic heterocycles. The zero-order valence-corrected chi connectivity index (χ0v) is 12.5. The van der Waals surface area contributed by atoms with Crippen molar-refractivity contribution < 1.29 is 18.9 Å². The van der Waals surface area contributed by atoms with Gasteiger partial charge in [0.1, 0.15) is 0 Å². The molecule has 0 aliphatic carbocycles. The normalized spacial score (nSPS) is 12.9. The first kappa shape index (κ1) is 17.4. The van der Waals surface area contributed by atoms with Gasteiger partial charge in [-0.2, -0.15) is 0 Å². The molecule has 0 unspecified atom stereocenters. The zero-order chi connectivity index (χ0) is 10.8. The van der Waals surface area contributed by atoms with E-state index in [1.165, 1.54) is 0 Å². The molecular weight excluding hydrogens is 186 g/mol. The molecule has 0 aromatic rings. The Morgan fingerprint density at radius 2 is 0.643 bits per heavy atom. The van der Waals surface area contributed by atoms with Gasteiger partial charge in [0, 0.05) is 0 Å². The predicted molar refractivity (Wildman–Crippen MR) is 60.5 cm³/mol. The Morgan fingerprint density at radius 3 is 0.643 bits per heavy atom. The van der Waals surface area contributed by atoms with Crippen molar-refractivity contribution in [1.29, 1.82) is 0 Å². The van der Waals surface area contributed by atoms with Crippen LogP contribution in [0.3, 0.4) is 0 Å². The summed E-state index contributed by atoms with van der Waals surface area (Å²) in [7, 11) is 17.3. The topological polar surface area (TPSA) is 13.0 Å². The average molecular weight is 210 g/mol. The minimum atomic E-state index is -2.09. The Kier molecular flexibility index (Phi) is 8.10. The van der Waals surface area contributed by atoms with Crippen LogP contribution >= 0.6 is 0 Å². The first-order chi connectivity index (χ1) is 5.77. The van der Waals surface area contributed by atoms with E-state index in [0.717, 1.165) is 0 Å². The Labute approximate surface area is 105 Å². The zero-order valence-electron chi connectivity index (χ0n) is 11.4. The summed E-state index contributed by atoms with van der Waals surface area (Å²) in [5, 5.41) is 0. The van der Waals surface area contributed by atoms with E-state index in [9.17, 15) is 0 Å². The fourth-order valence-electron chi connectivity index (χ4n) is 2.77. The molecule has 0 radical (unpaired) electrons. The number of hydrogen-bond acceptors (Lipinski definition) is 4. The van der Waals surface area contributed by atoms with E-state index in [1.54, 1.807) is 0 Å². The molecule has 0 bridgehead atoms. The van der Waals surface area contributed by atoms with Crippen LogP contribution in [0, 0.1) is 0 Å². The molecule has 0 rings (SSSR count). The van der Waals surface area contributed by atoms with E-state index < -0.39 is 14.0 Å². The van der Waals surface area contributed by atoms with Crippen molar-refractivity contribution in [1.82, 2.24) is 15.5 Å². The molecule has 0 aromatic carbocycles. The molecule has 0 atom stereocenters. The molecular formula is C8H24AlLiN4. The van der Waals surface area contributed by atoms with Crippen molar-refractivity contribution in [3.05, 3.63) is 0 Å². The van der Waals surface area contributed by atoms with E-state index in [4.69, 9.17) is 0 Å². The van der Waals surface area contributed by atoms with Crippen molar-refractivity contribution in [2.24, 2.45) is 0 Å². The van der Waals surface area contributed by atoms with Gasteiger partial charge in [0.15, 0.2) is 0 Å². The van der Waals surface area contributed by atoms with Crippen LogP contribution in [0.25, 0.3) is 0 Å². The Balaban J connectivity index is 0. The maximum atomic E-state index is 2.35. The fourth-order valence-corrected chi connectivity index (χ4v) is 8.31. The van der Waals surface area contributed by atoms with Crippen molar-refractivity contribution in [2.75, 3.05) is 56.4 Å². The van der Waals surface area contributed by atoms with Crippen molar-refractivity contribution in [3.63, 3.8) is 0 Å². The van der Waals surface area contributed by atoms with Gasteiger partial charge in [0.25, 0.3) is 0 Å². The van der Waals surface area contributed by atoms with Crippen LogP contribution in [0.4, 0.5) is 0 Å². The van der Waals surface area contributed by atoms with Crippen molar-refractivity contribution in [2.45, 2.75) is 0 Å². The van der Waals surface area contributed by atoms with Crippen molar-refractivity contribution >= 4 is 14.0 Å². The minimum Gasteiger partial charge on any atom is -0.478 e. The van der Waals surface area contributed by atoms with Gasteiger partial charge in [-0.15, -0.1) is 0 Å². The summed E-state index contributed by atoms with van der Waals surface area (Å²) >= 11 is -2.09. The molecule has 0 saturated carbocycles. The van der Waals surface area contributed by atoms with Crippen LogP contribution in [0.1, 0.15) is 0 Å². The van der Waals surface area contributed by atoms with E-state index in [-0.39, 0.29) is 18.9 Å². The van der Waals surface area contributed by atoms with Crippen LogP contribution in [0.2, 0.25) is 0 Å². The van der Waals surface area contributed by atoms with Gasteiger partial charge >= 0.3 is 32.8 Å². The van der Waals surface area contributed by atoms with Gasteiger partial charge in [0.2, 0.25) is 0 Å². The molecule has 0 aliphatic rings. The fraction of sp³-hybridized carbons (Fsp3) is 1.00. The van der Waals surface area contributed by atoms with Gasteiger partial charge < -0.3 is 15.5 Å². The molecule has 0 aliphatic heterocycles. The Bertz CT molecular complexity index is 124. The minimum absolute atomic E-state index is 0. The van der Waals surface area contributed by atoms with Crippen LogP contribution in [0.15, 0.2) is 0 Å². The largest absolute Gasteiger partial charge is 1.00 e. The molecule has 0 amide bonds. The second-order valence-electron chi connectivity index (χ2n) is 4.55. The molecule has 0 fully saturated rings. The number of hydrogen-bond donors (Lipinski definition) is 0. The van der Waals surface area contributed by atoms with Crippen LogP contribution in [-0.2, 0) is 0 Å². The Hall–Kier alpha value is 0.970. The summed E-state index contributed by atoms with van der Waals surface area (Å²) in [6, 6.07) is 0. The second-order valence-corrected chi connectivity index (χ2v) is 10.1. The van der Waals surface area contributed by atoms with Crippen LogP contribution in [-0.4, -0.2) is 85.9 Å². The van der Waals surface area contributed by atoms with E-state index in [0.29, 0.717) is 0 Å². The SMILES string of the molecule is C[N](C)[Al-]([N](C)C)([N](C)C)[N](C)C.[Li+]. The number of nitrogens with zero attached hydrogens (tertiary/aromatic N) is 4. The summed E-state index contributed by atoms with van der Waals surface area (Å²) in [4.78, 5) is 0. The third-order valence-electron chi connectivity index (χ3n) is 2.77. The first-order valence-electron chi connectivity index (χ1n) is 4.61. The summed E-state index contributed by atoms with van der Waals surface area (Å²) in [6.45, 7) is 0. The summed E-state index contributed by atoms with van der Waals surface area (Å²) in [5.74, 6) is 0. The molecule has 0 heterocycles. The summed E-state index contributed by atoms with van der Waals surface area (Å²) in [5.41, 5.74) is 0. The van der Waals surface area contributed by atoms with E-state index in [1.807, 2.05) is 0 Å². The second kappa shape index (κ2) is 6.53. The first-order valence-corrected chi connectivity index (χ1v) is 6.68. The average Bonchev–Trinajstić information content (AvgIpc) is 1.82. The molecule has 14 heavy (non-hydrogen) atoms. The van der Waals surface area contributed by atoms with E-state index >= 15 is 0 Å². The van der Waals surface area contributed by atoms with Gasteiger partial charge in [0.05, 0.1) is 0 Å². The maximum absolute atomic E-state index is 2.35. The molecule has 80 valence electrons.